The fraction of sp³-hybridized carbons (Fsp3) is 0.692. The van der Waals surface area contributed by atoms with Crippen LogP contribution in [0.3, 0.4) is 0 Å². The predicted octanol–water partition coefficient (Wildman–Crippen LogP) is -1.85. The zero-order chi connectivity index (χ0) is 19.0. The van der Waals surface area contributed by atoms with Gasteiger partial charge in [-0.15, -0.1) is 0 Å². The van der Waals surface area contributed by atoms with E-state index in [1.54, 1.807) is 0 Å². The molecule has 0 atom stereocenters. The normalized spacial score (nSPS) is 11.9. The van der Waals surface area contributed by atoms with Gasteiger partial charge >= 0.3 is 23.9 Å². The summed E-state index contributed by atoms with van der Waals surface area (Å²) in [5, 5.41) is 48.1. The highest BCUT2D eigenvalue weighted by Gasteiger charge is 2.54. The lowest BCUT2D eigenvalue weighted by atomic mass is 9.61. The molecule has 0 aromatic rings. The number of rotatable bonds is 13. The van der Waals surface area contributed by atoms with E-state index in [1.807, 2.05) is 0 Å². The fourth-order valence-electron chi connectivity index (χ4n) is 2.88. The monoisotopic (exact) mass is 350 g/mol. The Morgan fingerprint density at radius 2 is 1.17 bits per heavy atom. The van der Waals surface area contributed by atoms with Gasteiger partial charge in [0.15, 0.2) is 0 Å². The number of aliphatic hydroxyl groups is 1. The van der Waals surface area contributed by atoms with Gasteiger partial charge in [0, 0.05) is 24.0 Å². The maximum atomic E-state index is 11.3. The van der Waals surface area contributed by atoms with Gasteiger partial charge in [0.25, 0.3) is 0 Å². The van der Waals surface area contributed by atoms with Gasteiger partial charge in [-0.1, -0.05) is 0 Å². The zero-order valence-corrected chi connectivity index (χ0v) is 12.9. The lowest BCUT2D eigenvalue weighted by molar-refractivity contribution is -0.156. The lowest BCUT2D eigenvalue weighted by Crippen LogP contribution is -2.64. The average molecular weight is 350 g/mol. The van der Waals surface area contributed by atoms with Gasteiger partial charge in [-0.3, -0.25) is 19.2 Å². The molecule has 11 nitrogen and oxygen atoms in total. The zero-order valence-electron chi connectivity index (χ0n) is 12.9. The first-order chi connectivity index (χ1) is 11.0. The van der Waals surface area contributed by atoms with Crippen molar-refractivity contribution in [1.82, 2.24) is 5.32 Å². The summed E-state index contributed by atoms with van der Waals surface area (Å²) in [7, 11) is 0. The highest BCUT2D eigenvalue weighted by atomic mass is 16.4. The van der Waals surface area contributed by atoms with Crippen LogP contribution in [0.1, 0.15) is 25.7 Å². The predicted molar refractivity (Wildman–Crippen MR) is 78.3 cm³/mol. The summed E-state index contributed by atoms with van der Waals surface area (Å²) in [5.74, 6) is -5.83. The molecular weight excluding hydrogens is 328 g/mol. The van der Waals surface area contributed by atoms with Gasteiger partial charge in [-0.05, 0) is 0 Å². The Morgan fingerprint density at radius 1 is 0.792 bits per heavy atom. The maximum absolute atomic E-state index is 11.3. The van der Waals surface area contributed by atoms with E-state index in [0.29, 0.717) is 0 Å². The molecule has 24 heavy (non-hydrogen) atoms. The molecule has 0 aliphatic carbocycles. The third-order valence-corrected chi connectivity index (χ3v) is 3.87. The highest BCUT2D eigenvalue weighted by molar-refractivity contribution is 5.77. The second-order valence-corrected chi connectivity index (χ2v) is 5.50. The molecule has 8 N–H and O–H groups in total. The summed E-state index contributed by atoms with van der Waals surface area (Å²) < 4.78 is 0. The third-order valence-electron chi connectivity index (χ3n) is 3.87. The summed E-state index contributed by atoms with van der Waals surface area (Å²) in [6, 6.07) is 0. The number of β-amino-alcohol motifs (C(OH)–C–C–N with tert-alkyl or cyclic N) is 1. The molecule has 0 aromatic heterocycles. The Balaban J connectivity index is 6.33. The van der Waals surface area contributed by atoms with E-state index in [4.69, 9.17) is 31.3 Å². The minimum atomic E-state index is -1.97. The Morgan fingerprint density at radius 3 is 1.42 bits per heavy atom. The van der Waals surface area contributed by atoms with Crippen LogP contribution in [0, 0.1) is 5.41 Å². The molecule has 138 valence electrons. The van der Waals surface area contributed by atoms with E-state index in [1.165, 1.54) is 0 Å². The van der Waals surface area contributed by atoms with Crippen LogP contribution in [0.2, 0.25) is 0 Å². The Labute approximate surface area is 137 Å². The van der Waals surface area contributed by atoms with Crippen LogP contribution in [0.15, 0.2) is 0 Å². The van der Waals surface area contributed by atoms with Gasteiger partial charge in [0.05, 0.1) is 32.3 Å². The van der Waals surface area contributed by atoms with Gasteiger partial charge in [-0.2, -0.15) is 0 Å². The molecule has 0 heterocycles. The number of hydrogen-bond donors (Lipinski definition) is 7. The van der Waals surface area contributed by atoms with Gasteiger partial charge in [-0.25, -0.2) is 0 Å². The molecule has 0 saturated carbocycles. The van der Waals surface area contributed by atoms with Crippen molar-refractivity contribution in [2.75, 3.05) is 19.7 Å². The molecule has 0 amide bonds. The SMILES string of the molecule is NCC(CC(=O)O)(CC(=O)O)C(CC(=O)O)(CC(=O)O)NCCO. The molecule has 11 heteroatoms. The first-order valence-corrected chi connectivity index (χ1v) is 6.97. The molecule has 0 aliphatic rings. The Hall–Kier alpha value is -2.24. The molecule has 0 rings (SSSR count). The van der Waals surface area contributed by atoms with Crippen molar-refractivity contribution in [3.8, 4) is 0 Å². The Kier molecular flexibility index (Phi) is 8.30. The number of aliphatic hydroxyl groups excluding tert-OH is 1. The molecule has 0 fully saturated rings. The second-order valence-electron chi connectivity index (χ2n) is 5.50. The first kappa shape index (κ1) is 21.8. The minimum absolute atomic E-state index is 0.262. The number of nitrogens with one attached hydrogen (secondary N) is 1. The van der Waals surface area contributed by atoms with E-state index >= 15 is 0 Å². The van der Waals surface area contributed by atoms with Crippen LogP contribution in [0.25, 0.3) is 0 Å². The van der Waals surface area contributed by atoms with Crippen LogP contribution in [-0.4, -0.2) is 74.6 Å². The van der Waals surface area contributed by atoms with Crippen LogP contribution in [-0.2, 0) is 19.2 Å². The summed E-state index contributed by atoms with van der Waals surface area (Å²) in [4.78, 5) is 45.0. The standard InChI is InChI=1S/C13H22N2O9/c14-7-12(3-8(17)18,4-9(19)20)13(5-10(21)22,6-11(23)24)15-1-2-16/h15-16H,1-7,14H2,(H,17,18)(H,19,20)(H,21,22)(H,23,24). The summed E-state index contributed by atoms with van der Waals surface area (Å²) in [6.07, 6.45) is -3.46. The lowest BCUT2D eigenvalue weighted by Gasteiger charge is -2.48. The molecule has 0 aromatic carbocycles. The van der Waals surface area contributed by atoms with Crippen molar-refractivity contribution in [2.45, 2.75) is 31.2 Å². The highest BCUT2D eigenvalue weighted by Crippen LogP contribution is 2.43. The third kappa shape index (κ3) is 5.76. The number of carbonyl (C=O) groups is 4. The minimum Gasteiger partial charge on any atom is -0.481 e. The molecular formula is C13H22N2O9. The summed E-state index contributed by atoms with van der Waals surface area (Å²) in [6.45, 7) is -1.34. The number of carboxylic acids is 4. The maximum Gasteiger partial charge on any atom is 0.305 e. The van der Waals surface area contributed by atoms with Crippen molar-refractivity contribution < 1.29 is 44.7 Å². The van der Waals surface area contributed by atoms with Crippen LogP contribution in [0.5, 0.6) is 0 Å². The summed E-state index contributed by atoms with van der Waals surface area (Å²) >= 11 is 0. The van der Waals surface area contributed by atoms with Crippen LogP contribution in [0.4, 0.5) is 0 Å². The molecule has 0 spiro atoms. The van der Waals surface area contributed by atoms with E-state index in [9.17, 15) is 19.2 Å². The smallest absolute Gasteiger partial charge is 0.305 e. The van der Waals surface area contributed by atoms with Crippen molar-refractivity contribution >= 4 is 23.9 Å². The molecule has 0 radical (unpaired) electrons. The number of nitrogens with two attached hydrogens (primary N) is 1. The number of hydrogen-bond acceptors (Lipinski definition) is 7. The molecule has 0 bridgehead atoms. The van der Waals surface area contributed by atoms with Gasteiger partial charge in [0.2, 0.25) is 0 Å². The van der Waals surface area contributed by atoms with Crippen LogP contribution < -0.4 is 11.1 Å². The van der Waals surface area contributed by atoms with Crippen LogP contribution >= 0.6 is 0 Å². The topological polar surface area (TPSA) is 207 Å². The van der Waals surface area contributed by atoms with E-state index in [2.05, 4.69) is 5.32 Å². The summed E-state index contributed by atoms with van der Waals surface area (Å²) in [5.41, 5.74) is 1.73. The molecule has 0 unspecified atom stereocenters. The van der Waals surface area contributed by atoms with Gasteiger partial charge < -0.3 is 36.6 Å². The largest absolute Gasteiger partial charge is 0.481 e. The van der Waals surface area contributed by atoms with Crippen molar-refractivity contribution in [1.29, 1.82) is 0 Å². The van der Waals surface area contributed by atoms with E-state index in [0.717, 1.165) is 0 Å². The number of carboxylic acid groups (broad SMARTS) is 4. The quantitative estimate of drug-likeness (QED) is 0.196. The molecule has 0 saturated heterocycles. The second kappa shape index (κ2) is 9.15. The van der Waals surface area contributed by atoms with E-state index < -0.39 is 73.7 Å². The van der Waals surface area contributed by atoms with E-state index in [-0.39, 0.29) is 6.54 Å². The first-order valence-electron chi connectivity index (χ1n) is 6.97. The fourth-order valence-corrected chi connectivity index (χ4v) is 2.88. The molecule has 0 aliphatic heterocycles. The van der Waals surface area contributed by atoms with Gasteiger partial charge in [0.1, 0.15) is 0 Å². The van der Waals surface area contributed by atoms with Crippen molar-refractivity contribution in [2.24, 2.45) is 11.1 Å². The van der Waals surface area contributed by atoms with Crippen molar-refractivity contribution in [3.63, 3.8) is 0 Å². The van der Waals surface area contributed by atoms with Crippen molar-refractivity contribution in [3.05, 3.63) is 0 Å². The Bertz CT molecular complexity index is 460. The number of aliphatic carboxylic acids is 4. The average Bonchev–Trinajstić information content (AvgIpc) is 2.41.